The van der Waals surface area contributed by atoms with Crippen molar-refractivity contribution in [1.82, 2.24) is 14.7 Å². The zero-order chi connectivity index (χ0) is 13.8. The van der Waals surface area contributed by atoms with Crippen molar-refractivity contribution >= 4 is 11.6 Å². The van der Waals surface area contributed by atoms with Crippen LogP contribution in [0.5, 0.6) is 0 Å². The van der Waals surface area contributed by atoms with Crippen molar-refractivity contribution in [3.05, 3.63) is 35.8 Å². The number of fused-ring (bicyclic) bond motifs is 1. The summed E-state index contributed by atoms with van der Waals surface area (Å²) in [5.74, 6) is -0.199. The van der Waals surface area contributed by atoms with Crippen LogP contribution >= 0.6 is 0 Å². The van der Waals surface area contributed by atoms with Crippen LogP contribution in [0, 0.1) is 6.92 Å². The molecule has 2 heterocycles. The molecule has 6 heteroatoms. The summed E-state index contributed by atoms with van der Waals surface area (Å²) in [7, 11) is 3.06. The van der Waals surface area contributed by atoms with Gasteiger partial charge >= 0.3 is 0 Å². The predicted octanol–water partition coefficient (Wildman–Crippen LogP) is 0.991. The molecule has 0 saturated carbocycles. The van der Waals surface area contributed by atoms with Gasteiger partial charge in [-0.25, -0.2) is 4.98 Å². The van der Waals surface area contributed by atoms with Gasteiger partial charge in [0, 0.05) is 20.4 Å². The van der Waals surface area contributed by atoms with Crippen molar-refractivity contribution < 1.29 is 14.3 Å². The molecule has 2 aromatic heterocycles. The number of aryl methyl sites for hydroxylation is 1. The van der Waals surface area contributed by atoms with E-state index in [4.69, 9.17) is 9.47 Å². The molecular formula is C13H17N3O3. The molecule has 0 bridgehead atoms. The summed E-state index contributed by atoms with van der Waals surface area (Å²) < 4.78 is 11.8. The van der Waals surface area contributed by atoms with Crippen molar-refractivity contribution in [3.8, 4) is 0 Å². The van der Waals surface area contributed by atoms with Crippen molar-refractivity contribution in [2.45, 2.75) is 13.2 Å². The molecule has 0 atom stereocenters. The number of nitrogens with one attached hydrogen (secondary N) is 1. The molecule has 0 aliphatic rings. The fourth-order valence-electron chi connectivity index (χ4n) is 1.91. The highest BCUT2D eigenvalue weighted by molar-refractivity contribution is 5.94. The van der Waals surface area contributed by atoms with Crippen molar-refractivity contribution in [2.75, 3.05) is 20.8 Å². The minimum atomic E-state index is -0.455. The lowest BCUT2D eigenvalue weighted by atomic mass is 10.3. The Morgan fingerprint density at radius 2 is 2.16 bits per heavy atom. The number of amides is 1. The smallest absolute Gasteiger partial charge is 0.270 e. The van der Waals surface area contributed by atoms with E-state index in [2.05, 4.69) is 10.3 Å². The first-order valence-electron chi connectivity index (χ1n) is 5.95. The van der Waals surface area contributed by atoms with Crippen molar-refractivity contribution in [1.29, 1.82) is 0 Å². The Morgan fingerprint density at radius 3 is 2.84 bits per heavy atom. The van der Waals surface area contributed by atoms with E-state index in [0.717, 1.165) is 5.65 Å². The average Bonchev–Trinajstić information content (AvgIpc) is 2.75. The van der Waals surface area contributed by atoms with E-state index >= 15 is 0 Å². The summed E-state index contributed by atoms with van der Waals surface area (Å²) in [6.45, 7) is 2.09. The largest absolute Gasteiger partial charge is 0.354 e. The fraction of sp³-hybridized carbons (Fsp3) is 0.385. The van der Waals surface area contributed by atoms with Crippen LogP contribution in [0.15, 0.2) is 24.4 Å². The molecule has 0 fully saturated rings. The molecule has 19 heavy (non-hydrogen) atoms. The van der Waals surface area contributed by atoms with Gasteiger partial charge in [-0.05, 0) is 19.1 Å². The van der Waals surface area contributed by atoms with Gasteiger partial charge in [-0.1, -0.05) is 6.07 Å². The number of carbonyl (C=O) groups is 1. The molecule has 1 N–H and O–H groups in total. The second kappa shape index (κ2) is 5.81. The topological polar surface area (TPSA) is 64.9 Å². The van der Waals surface area contributed by atoms with Crippen LogP contribution in [0.3, 0.4) is 0 Å². The number of imidazole rings is 1. The van der Waals surface area contributed by atoms with Crippen LogP contribution in [0.4, 0.5) is 0 Å². The highest BCUT2D eigenvalue weighted by atomic mass is 16.7. The van der Waals surface area contributed by atoms with Gasteiger partial charge in [0.1, 0.15) is 11.3 Å². The molecule has 0 spiro atoms. The third-order valence-electron chi connectivity index (χ3n) is 2.87. The lowest BCUT2D eigenvalue weighted by Gasteiger charge is -2.14. The Labute approximate surface area is 111 Å². The minimum absolute atomic E-state index is 0.199. The van der Waals surface area contributed by atoms with E-state index in [0.29, 0.717) is 11.4 Å². The quantitative estimate of drug-likeness (QED) is 0.817. The third kappa shape index (κ3) is 2.74. The first-order valence-corrected chi connectivity index (χ1v) is 5.95. The summed E-state index contributed by atoms with van der Waals surface area (Å²) in [6, 6.07) is 5.60. The summed E-state index contributed by atoms with van der Waals surface area (Å²) >= 11 is 0. The maximum atomic E-state index is 12.2. The zero-order valence-corrected chi connectivity index (χ0v) is 11.2. The van der Waals surface area contributed by atoms with Gasteiger partial charge in [-0.3, -0.25) is 9.20 Å². The van der Waals surface area contributed by atoms with E-state index in [-0.39, 0.29) is 12.5 Å². The molecule has 2 rings (SSSR count). The first-order chi connectivity index (χ1) is 9.17. The van der Waals surface area contributed by atoms with Crippen molar-refractivity contribution in [3.63, 3.8) is 0 Å². The molecule has 0 aromatic carbocycles. The molecule has 6 nitrogen and oxygen atoms in total. The number of aromatic nitrogens is 2. The second-order valence-electron chi connectivity index (χ2n) is 4.09. The SMILES string of the molecule is COC(CNC(=O)c1c(C)nc2ccccn12)OC. The van der Waals surface area contributed by atoms with Crippen molar-refractivity contribution in [2.24, 2.45) is 0 Å². The molecule has 1 amide bonds. The average molecular weight is 263 g/mol. The standard InChI is InChI=1S/C13H17N3O3/c1-9-12(13(17)14-8-11(18-2)19-3)16-7-5-4-6-10(16)15-9/h4-7,11H,8H2,1-3H3,(H,14,17). The van der Waals surface area contributed by atoms with E-state index in [9.17, 15) is 4.79 Å². The van der Waals surface area contributed by atoms with Crippen LogP contribution in [0.1, 0.15) is 16.2 Å². The van der Waals surface area contributed by atoms with Gasteiger partial charge < -0.3 is 14.8 Å². The third-order valence-corrected chi connectivity index (χ3v) is 2.87. The fourth-order valence-corrected chi connectivity index (χ4v) is 1.91. The lowest BCUT2D eigenvalue weighted by molar-refractivity contribution is -0.0974. The summed E-state index contributed by atoms with van der Waals surface area (Å²) in [5.41, 5.74) is 1.97. The molecule has 0 radical (unpaired) electrons. The molecule has 0 saturated heterocycles. The normalized spacial score (nSPS) is 11.2. The summed E-state index contributed by atoms with van der Waals surface area (Å²) in [4.78, 5) is 16.5. The number of carbonyl (C=O) groups excluding carboxylic acids is 1. The second-order valence-corrected chi connectivity index (χ2v) is 4.09. The monoisotopic (exact) mass is 263 g/mol. The number of methoxy groups -OCH3 is 2. The van der Waals surface area contributed by atoms with Gasteiger partial charge in [-0.2, -0.15) is 0 Å². The number of nitrogens with zero attached hydrogens (tertiary/aromatic N) is 2. The predicted molar refractivity (Wildman–Crippen MR) is 70.1 cm³/mol. The Hall–Kier alpha value is -1.92. The molecule has 0 aliphatic carbocycles. The summed E-state index contributed by atoms with van der Waals surface area (Å²) in [6.07, 6.45) is 1.36. The van der Waals surface area contributed by atoms with Gasteiger partial charge in [0.05, 0.1) is 12.2 Å². The van der Waals surface area contributed by atoms with Gasteiger partial charge in [0.2, 0.25) is 0 Å². The number of hydrogen-bond acceptors (Lipinski definition) is 4. The van der Waals surface area contributed by atoms with Gasteiger partial charge in [0.15, 0.2) is 6.29 Å². The van der Waals surface area contributed by atoms with E-state index < -0.39 is 6.29 Å². The van der Waals surface area contributed by atoms with Crippen LogP contribution in [0.2, 0.25) is 0 Å². The Balaban J connectivity index is 2.19. The molecule has 0 aliphatic heterocycles. The van der Waals surface area contributed by atoms with E-state index in [1.54, 1.807) is 4.40 Å². The highest BCUT2D eigenvalue weighted by Crippen LogP contribution is 2.11. The molecule has 2 aromatic rings. The van der Waals surface area contributed by atoms with Gasteiger partial charge in [-0.15, -0.1) is 0 Å². The lowest BCUT2D eigenvalue weighted by Crippen LogP contribution is -2.35. The summed E-state index contributed by atoms with van der Waals surface area (Å²) in [5, 5.41) is 2.77. The number of hydrogen-bond donors (Lipinski definition) is 1. The van der Waals surface area contributed by atoms with Crippen LogP contribution in [-0.2, 0) is 9.47 Å². The maximum Gasteiger partial charge on any atom is 0.270 e. The number of pyridine rings is 1. The zero-order valence-electron chi connectivity index (χ0n) is 11.2. The van der Waals surface area contributed by atoms with Crippen LogP contribution < -0.4 is 5.32 Å². The van der Waals surface area contributed by atoms with E-state index in [1.165, 1.54) is 14.2 Å². The minimum Gasteiger partial charge on any atom is -0.354 e. The number of rotatable bonds is 5. The van der Waals surface area contributed by atoms with E-state index in [1.807, 2.05) is 31.3 Å². The first kappa shape index (κ1) is 13.5. The maximum absolute atomic E-state index is 12.2. The number of ether oxygens (including phenoxy) is 2. The van der Waals surface area contributed by atoms with Crippen LogP contribution in [0.25, 0.3) is 5.65 Å². The molecular weight excluding hydrogens is 246 g/mol. The Morgan fingerprint density at radius 1 is 1.42 bits per heavy atom. The van der Waals surface area contributed by atoms with Crippen LogP contribution in [-0.4, -0.2) is 42.3 Å². The van der Waals surface area contributed by atoms with Gasteiger partial charge in [0.25, 0.3) is 5.91 Å². The molecule has 102 valence electrons. The Kier molecular flexibility index (Phi) is 4.13. The molecule has 0 unspecified atom stereocenters. The Bertz CT molecular complexity index is 576. The highest BCUT2D eigenvalue weighted by Gasteiger charge is 2.17.